The molecule has 0 fully saturated rings. The summed E-state index contributed by atoms with van der Waals surface area (Å²) >= 11 is 0. The summed E-state index contributed by atoms with van der Waals surface area (Å²) in [5.74, 6) is -0.776. The van der Waals surface area contributed by atoms with Gasteiger partial charge in [0.1, 0.15) is 0 Å². The van der Waals surface area contributed by atoms with E-state index in [0.717, 1.165) is 38.5 Å². The van der Waals surface area contributed by atoms with Gasteiger partial charge in [0.2, 0.25) is 0 Å². The van der Waals surface area contributed by atoms with Gasteiger partial charge in [0, 0.05) is 16.3 Å². The summed E-state index contributed by atoms with van der Waals surface area (Å²) in [5.41, 5.74) is 7.35. The first-order valence-electron chi connectivity index (χ1n) is 14.7. The van der Waals surface area contributed by atoms with Crippen LogP contribution in [0.5, 0.6) is 0 Å². The van der Waals surface area contributed by atoms with E-state index in [0.29, 0.717) is 39.4 Å². The fourth-order valence-corrected chi connectivity index (χ4v) is 6.60. The summed E-state index contributed by atoms with van der Waals surface area (Å²) < 4.78 is 2.03. The smallest absolute Gasteiger partial charge is 0.268 e. The Bertz CT molecular complexity index is 2500. The first-order valence-corrected chi connectivity index (χ1v) is 14.7. The average molecular weight is 591 g/mol. The molecule has 6 nitrogen and oxygen atoms in total. The van der Waals surface area contributed by atoms with Gasteiger partial charge in [0.25, 0.3) is 11.8 Å². The summed E-state index contributed by atoms with van der Waals surface area (Å²) in [5, 5.41) is 1.92. The van der Waals surface area contributed by atoms with E-state index in [9.17, 15) is 9.59 Å². The highest BCUT2D eigenvalue weighted by Gasteiger charge is 2.40. The minimum absolute atomic E-state index is 0.321. The molecule has 6 heteroatoms. The number of rotatable bonds is 4. The van der Waals surface area contributed by atoms with E-state index >= 15 is 0 Å². The lowest BCUT2D eigenvalue weighted by molar-refractivity contribution is 0.0926. The lowest BCUT2D eigenvalue weighted by Gasteiger charge is -2.19. The topological polar surface area (TPSA) is 51.0 Å². The molecule has 214 valence electrons. The third-order valence-electron chi connectivity index (χ3n) is 8.58. The Morgan fingerprint density at radius 1 is 0.522 bits per heavy atom. The maximum atomic E-state index is 14.5. The fourth-order valence-electron chi connectivity index (χ4n) is 6.60. The molecule has 0 unspecified atom stereocenters. The minimum atomic E-state index is -0.398. The lowest BCUT2D eigenvalue weighted by Crippen LogP contribution is -2.30. The van der Waals surface area contributed by atoms with Crippen molar-refractivity contribution in [3.05, 3.63) is 167 Å². The zero-order chi connectivity index (χ0) is 31.4. The first-order chi connectivity index (χ1) is 22.6. The largest absolute Gasteiger partial charge is 0.308 e. The van der Waals surface area contributed by atoms with Crippen molar-refractivity contribution in [3.63, 3.8) is 0 Å². The zero-order valence-corrected chi connectivity index (χ0v) is 24.3. The van der Waals surface area contributed by atoms with Gasteiger partial charge in [0.15, 0.2) is 11.4 Å². The Balaban J connectivity index is 1.40. The third kappa shape index (κ3) is 3.88. The van der Waals surface area contributed by atoms with Crippen molar-refractivity contribution in [3.8, 4) is 27.9 Å². The van der Waals surface area contributed by atoms with E-state index in [1.807, 2.05) is 114 Å². The molecule has 1 aromatic heterocycles. The van der Waals surface area contributed by atoms with Crippen LogP contribution in [0.25, 0.3) is 59.4 Å². The molecule has 0 N–H and O–H groups in total. The molecule has 0 saturated carbocycles. The van der Waals surface area contributed by atoms with Gasteiger partial charge >= 0.3 is 0 Å². The summed E-state index contributed by atoms with van der Waals surface area (Å²) in [6.45, 7) is 15.3. The van der Waals surface area contributed by atoms with Crippen LogP contribution in [0.2, 0.25) is 0 Å². The van der Waals surface area contributed by atoms with Gasteiger partial charge < -0.3 is 4.57 Å². The maximum absolute atomic E-state index is 14.5. The lowest BCUT2D eigenvalue weighted by atomic mass is 9.99. The molecule has 8 rings (SSSR count). The molecule has 0 saturated heterocycles. The molecule has 2 heterocycles. The second-order valence-electron chi connectivity index (χ2n) is 11.0. The number of benzene rings is 6. The van der Waals surface area contributed by atoms with Crippen molar-refractivity contribution in [1.29, 1.82) is 0 Å². The van der Waals surface area contributed by atoms with Crippen LogP contribution >= 0.6 is 0 Å². The van der Waals surface area contributed by atoms with Crippen LogP contribution in [-0.4, -0.2) is 16.4 Å². The number of fused-ring (bicyclic) bond motifs is 4. The Hall–Kier alpha value is -6.76. The Morgan fingerprint density at radius 3 is 2.02 bits per heavy atom. The number of aromatic nitrogens is 1. The standard InChI is InChI=1S/C40H22N4O2/c1-41-26-22-23-28(33(24-26)42-2)30-16-10-17-31-29-15-7-9-20-35(29)43(38(30)31)36-21-11-18-32-37(36)40(46)44(39(32)45)34-19-8-6-14-27(34)25-12-4-3-5-13-25/h3-24H. The second kappa shape index (κ2) is 10.4. The molecule has 6 aromatic carbocycles. The SMILES string of the molecule is [C-]#[N+]c1ccc(-c2cccc3c4ccccc4n(-c4cccc5c4C(=O)N(c4ccccc4-c4ccccc4)C5=O)c23)c([N+]#[C-])c1. The molecule has 2 amide bonds. The summed E-state index contributed by atoms with van der Waals surface area (Å²) in [4.78, 5) is 37.2. The first kappa shape index (κ1) is 26.8. The van der Waals surface area contributed by atoms with E-state index < -0.39 is 5.91 Å². The number of imide groups is 1. The fraction of sp³-hybridized carbons (Fsp3) is 0. The number of hydrogen-bond acceptors (Lipinski definition) is 2. The number of nitrogens with zero attached hydrogens (tertiary/aromatic N) is 4. The van der Waals surface area contributed by atoms with Crippen LogP contribution < -0.4 is 4.90 Å². The van der Waals surface area contributed by atoms with Crippen molar-refractivity contribution in [2.45, 2.75) is 0 Å². The minimum Gasteiger partial charge on any atom is -0.308 e. The van der Waals surface area contributed by atoms with Crippen molar-refractivity contribution in [1.82, 2.24) is 4.57 Å². The van der Waals surface area contributed by atoms with Gasteiger partial charge in [-0.15, -0.1) is 0 Å². The van der Waals surface area contributed by atoms with Gasteiger partial charge in [0.05, 0.1) is 46.7 Å². The summed E-state index contributed by atoms with van der Waals surface area (Å²) in [6, 6.07) is 41.6. The van der Waals surface area contributed by atoms with Crippen LogP contribution in [0.4, 0.5) is 17.1 Å². The molecule has 0 radical (unpaired) electrons. The molecule has 7 aromatic rings. The number of hydrogen-bond donors (Lipinski definition) is 0. The Kier molecular flexibility index (Phi) is 6.10. The monoisotopic (exact) mass is 590 g/mol. The average Bonchev–Trinajstić information content (AvgIpc) is 3.59. The van der Waals surface area contributed by atoms with E-state index in [1.165, 1.54) is 4.90 Å². The van der Waals surface area contributed by atoms with E-state index in [2.05, 4.69) is 9.69 Å². The quantitative estimate of drug-likeness (QED) is 0.151. The van der Waals surface area contributed by atoms with Crippen molar-refractivity contribution in [2.75, 3.05) is 4.90 Å². The predicted octanol–water partition coefficient (Wildman–Crippen LogP) is 10.0. The molecule has 1 aliphatic heterocycles. The van der Waals surface area contributed by atoms with Gasteiger partial charge in [-0.05, 0) is 41.0 Å². The summed E-state index contributed by atoms with van der Waals surface area (Å²) in [6.07, 6.45) is 0. The number of amides is 2. The molecule has 0 bridgehead atoms. The molecule has 0 atom stereocenters. The molecule has 0 spiro atoms. The molecular weight excluding hydrogens is 568 g/mol. The molecule has 46 heavy (non-hydrogen) atoms. The predicted molar refractivity (Wildman–Crippen MR) is 182 cm³/mol. The zero-order valence-electron chi connectivity index (χ0n) is 24.3. The van der Waals surface area contributed by atoms with E-state index in [1.54, 1.807) is 24.3 Å². The third-order valence-corrected chi connectivity index (χ3v) is 8.58. The molecule has 0 aliphatic carbocycles. The van der Waals surface area contributed by atoms with Crippen LogP contribution in [-0.2, 0) is 0 Å². The Morgan fingerprint density at radius 2 is 1.20 bits per heavy atom. The highest BCUT2D eigenvalue weighted by Crippen LogP contribution is 2.44. The van der Waals surface area contributed by atoms with Gasteiger partial charge in [-0.25, -0.2) is 14.6 Å². The summed E-state index contributed by atoms with van der Waals surface area (Å²) in [7, 11) is 0. The van der Waals surface area contributed by atoms with Crippen LogP contribution in [0.3, 0.4) is 0 Å². The normalized spacial score (nSPS) is 12.3. The van der Waals surface area contributed by atoms with Crippen molar-refractivity contribution in [2.24, 2.45) is 0 Å². The van der Waals surface area contributed by atoms with Crippen molar-refractivity contribution < 1.29 is 9.59 Å². The van der Waals surface area contributed by atoms with Crippen molar-refractivity contribution >= 4 is 50.7 Å². The van der Waals surface area contributed by atoms with Gasteiger partial charge in [-0.3, -0.25) is 9.59 Å². The number of anilines is 1. The van der Waals surface area contributed by atoms with Gasteiger partial charge in [-0.1, -0.05) is 109 Å². The Labute approximate surface area is 264 Å². The molecular formula is C40H22N4O2. The second-order valence-corrected chi connectivity index (χ2v) is 11.0. The number of carbonyl (C=O) groups excluding carboxylic acids is 2. The maximum Gasteiger partial charge on any atom is 0.268 e. The number of para-hydroxylation sites is 3. The van der Waals surface area contributed by atoms with E-state index in [-0.39, 0.29) is 5.91 Å². The van der Waals surface area contributed by atoms with Crippen LogP contribution in [0, 0.1) is 13.1 Å². The highest BCUT2D eigenvalue weighted by atomic mass is 16.2. The van der Waals surface area contributed by atoms with Crippen LogP contribution in [0.1, 0.15) is 20.7 Å². The van der Waals surface area contributed by atoms with E-state index in [4.69, 9.17) is 13.1 Å². The highest BCUT2D eigenvalue weighted by molar-refractivity contribution is 6.36. The van der Waals surface area contributed by atoms with Gasteiger partial charge in [-0.2, -0.15) is 0 Å². The molecule has 1 aliphatic rings. The van der Waals surface area contributed by atoms with Crippen LogP contribution in [0.15, 0.2) is 133 Å². The number of carbonyl (C=O) groups is 2.